The first-order valence-electron chi connectivity index (χ1n) is 5.82. The van der Waals surface area contributed by atoms with Gasteiger partial charge in [-0.3, -0.25) is 0 Å². The molecule has 19 heavy (non-hydrogen) atoms. The molecule has 108 valence electrons. The zero-order valence-electron chi connectivity index (χ0n) is 10.9. The van der Waals surface area contributed by atoms with E-state index in [0.29, 0.717) is 11.7 Å². The van der Waals surface area contributed by atoms with E-state index in [9.17, 15) is 12.8 Å². The monoisotopic (exact) mass is 307 g/mol. The molecule has 0 radical (unpaired) electrons. The Morgan fingerprint density at radius 2 is 2.16 bits per heavy atom. The highest BCUT2D eigenvalue weighted by Gasteiger charge is 2.18. The normalized spacial score (nSPS) is 13.5. The van der Waals surface area contributed by atoms with Crippen LogP contribution in [0.3, 0.4) is 0 Å². The second-order valence-corrected chi connectivity index (χ2v) is 7.15. The maximum Gasteiger partial charge on any atom is 0.241 e. The third-order valence-corrected chi connectivity index (χ3v) is 5.32. The number of aliphatic hydroxyl groups excluding tert-OH is 1. The van der Waals surface area contributed by atoms with Gasteiger partial charge in [-0.2, -0.15) is 11.8 Å². The fourth-order valence-corrected chi connectivity index (χ4v) is 3.14. The van der Waals surface area contributed by atoms with Gasteiger partial charge < -0.3 is 5.11 Å². The molecular weight excluding hydrogens is 289 g/mol. The van der Waals surface area contributed by atoms with Crippen LogP contribution in [-0.4, -0.2) is 31.6 Å². The first-order chi connectivity index (χ1) is 8.90. The van der Waals surface area contributed by atoms with Gasteiger partial charge in [-0.15, -0.1) is 0 Å². The molecule has 0 aliphatic carbocycles. The highest BCUT2D eigenvalue weighted by atomic mass is 32.2. The molecule has 0 saturated carbocycles. The summed E-state index contributed by atoms with van der Waals surface area (Å²) in [5, 5.41) is 9.45. The zero-order valence-corrected chi connectivity index (χ0v) is 12.5. The highest BCUT2D eigenvalue weighted by Crippen LogP contribution is 2.17. The maximum absolute atomic E-state index is 13.1. The van der Waals surface area contributed by atoms with Crippen molar-refractivity contribution in [2.75, 3.05) is 12.8 Å². The Hall–Kier alpha value is -0.630. The molecule has 4 nitrogen and oxygen atoms in total. The number of sulfonamides is 1. The molecule has 1 rings (SSSR count). The fourth-order valence-electron chi connectivity index (χ4n) is 1.50. The molecule has 0 spiro atoms. The van der Waals surface area contributed by atoms with Crippen LogP contribution in [-0.2, 0) is 16.6 Å². The quantitative estimate of drug-likeness (QED) is 0.805. The molecule has 0 aliphatic heterocycles. The molecule has 1 atom stereocenters. The van der Waals surface area contributed by atoms with Crippen LogP contribution in [0.1, 0.15) is 18.9 Å². The Labute approximate surface area is 117 Å². The lowest BCUT2D eigenvalue weighted by molar-refractivity contribution is 0.278. The van der Waals surface area contributed by atoms with Gasteiger partial charge in [0, 0.05) is 11.8 Å². The van der Waals surface area contributed by atoms with Gasteiger partial charge >= 0.3 is 0 Å². The predicted octanol–water partition coefficient (Wildman–Crippen LogP) is 1.74. The van der Waals surface area contributed by atoms with Crippen LogP contribution in [0.25, 0.3) is 0 Å². The van der Waals surface area contributed by atoms with Gasteiger partial charge in [-0.1, -0.05) is 13.0 Å². The Kier molecular flexibility index (Phi) is 6.25. The number of hydrogen-bond acceptors (Lipinski definition) is 4. The molecular formula is C12H18FNO3S2. The molecule has 0 fully saturated rings. The van der Waals surface area contributed by atoms with Crippen LogP contribution in [0.2, 0.25) is 0 Å². The molecule has 0 aromatic heterocycles. The fraction of sp³-hybridized carbons (Fsp3) is 0.500. The lowest BCUT2D eigenvalue weighted by Gasteiger charge is -2.12. The van der Waals surface area contributed by atoms with Gasteiger partial charge in [-0.25, -0.2) is 17.5 Å². The molecule has 7 heteroatoms. The summed E-state index contributed by atoms with van der Waals surface area (Å²) in [4.78, 5) is -0.202. The first-order valence-corrected chi connectivity index (χ1v) is 8.59. The van der Waals surface area contributed by atoms with E-state index >= 15 is 0 Å². The minimum absolute atomic E-state index is 0.187. The number of thioether (sulfide) groups is 1. The van der Waals surface area contributed by atoms with Crippen molar-refractivity contribution in [3.63, 3.8) is 0 Å². The summed E-state index contributed by atoms with van der Waals surface area (Å²) in [5.41, 5.74) is 0.187. The number of benzene rings is 1. The number of nitrogens with one attached hydrogen (secondary N) is 1. The lowest BCUT2D eigenvalue weighted by atomic mass is 10.2. The smallest absolute Gasteiger partial charge is 0.241 e. The van der Waals surface area contributed by atoms with Crippen molar-refractivity contribution in [2.45, 2.75) is 30.1 Å². The maximum atomic E-state index is 13.1. The van der Waals surface area contributed by atoms with Crippen LogP contribution in [0, 0.1) is 5.82 Å². The zero-order chi connectivity index (χ0) is 14.5. The minimum Gasteiger partial charge on any atom is -0.392 e. The molecule has 0 bridgehead atoms. The first kappa shape index (κ1) is 16.4. The Balaban J connectivity index is 2.85. The largest absolute Gasteiger partial charge is 0.392 e. The number of hydrogen-bond donors (Lipinski definition) is 2. The van der Waals surface area contributed by atoms with E-state index in [0.717, 1.165) is 12.1 Å². The summed E-state index contributed by atoms with van der Waals surface area (Å²) >= 11 is 1.65. The van der Waals surface area contributed by atoms with Gasteiger partial charge in [0.05, 0.1) is 11.5 Å². The predicted molar refractivity (Wildman–Crippen MR) is 75.1 cm³/mol. The lowest BCUT2D eigenvalue weighted by Crippen LogP contribution is -2.27. The van der Waals surface area contributed by atoms with Crippen LogP contribution in [0.5, 0.6) is 0 Å². The number of halogens is 1. The molecule has 1 unspecified atom stereocenters. The van der Waals surface area contributed by atoms with Gasteiger partial charge in [0.15, 0.2) is 0 Å². The average molecular weight is 307 g/mol. The van der Waals surface area contributed by atoms with Crippen molar-refractivity contribution in [1.29, 1.82) is 0 Å². The van der Waals surface area contributed by atoms with Crippen LogP contribution < -0.4 is 4.72 Å². The summed E-state index contributed by atoms with van der Waals surface area (Å²) in [5.74, 6) is -0.643. The standard InChI is InChI=1S/C12H18FNO3S2/c1-9(18-2)5-6-14-19(16,17)12-7-11(13)4-3-10(12)8-15/h3-4,7,9,14-15H,5-6,8H2,1-2H3. The van der Waals surface area contributed by atoms with Crippen molar-refractivity contribution in [1.82, 2.24) is 4.72 Å². The van der Waals surface area contributed by atoms with Crippen molar-refractivity contribution < 1.29 is 17.9 Å². The van der Waals surface area contributed by atoms with Crippen molar-refractivity contribution in [3.05, 3.63) is 29.6 Å². The molecule has 1 aromatic carbocycles. The number of rotatable bonds is 7. The minimum atomic E-state index is -3.79. The van der Waals surface area contributed by atoms with E-state index in [-0.39, 0.29) is 17.0 Å². The van der Waals surface area contributed by atoms with Crippen LogP contribution in [0.15, 0.2) is 23.1 Å². The van der Waals surface area contributed by atoms with E-state index in [1.54, 1.807) is 11.8 Å². The Morgan fingerprint density at radius 3 is 2.74 bits per heavy atom. The molecule has 2 N–H and O–H groups in total. The summed E-state index contributed by atoms with van der Waals surface area (Å²) in [6.45, 7) is 1.84. The molecule has 0 amide bonds. The van der Waals surface area contributed by atoms with Gasteiger partial charge in [0.1, 0.15) is 5.82 Å². The Bertz CT molecular complexity index is 520. The van der Waals surface area contributed by atoms with Crippen LogP contribution >= 0.6 is 11.8 Å². The van der Waals surface area contributed by atoms with E-state index in [1.807, 2.05) is 13.2 Å². The van der Waals surface area contributed by atoms with Gasteiger partial charge in [-0.05, 0) is 30.4 Å². The third-order valence-electron chi connectivity index (χ3n) is 2.73. The number of aliphatic hydroxyl groups is 1. The topological polar surface area (TPSA) is 66.4 Å². The second-order valence-electron chi connectivity index (χ2n) is 4.14. The molecule has 0 aliphatic rings. The highest BCUT2D eigenvalue weighted by molar-refractivity contribution is 7.99. The SMILES string of the molecule is CSC(C)CCNS(=O)(=O)c1cc(F)ccc1CO. The van der Waals surface area contributed by atoms with Crippen molar-refractivity contribution in [2.24, 2.45) is 0 Å². The van der Waals surface area contributed by atoms with Gasteiger partial charge in [0.2, 0.25) is 10.0 Å². The van der Waals surface area contributed by atoms with E-state index in [4.69, 9.17) is 5.11 Å². The second kappa shape index (κ2) is 7.23. The van der Waals surface area contributed by atoms with Crippen molar-refractivity contribution in [3.8, 4) is 0 Å². The Morgan fingerprint density at radius 1 is 1.47 bits per heavy atom. The average Bonchev–Trinajstić information content (AvgIpc) is 2.38. The summed E-state index contributed by atoms with van der Waals surface area (Å²) in [6.07, 6.45) is 2.64. The van der Waals surface area contributed by atoms with Crippen LogP contribution in [0.4, 0.5) is 4.39 Å². The third kappa shape index (κ3) is 4.76. The van der Waals surface area contributed by atoms with Crippen molar-refractivity contribution >= 4 is 21.8 Å². The molecule has 0 heterocycles. The van der Waals surface area contributed by atoms with E-state index < -0.39 is 22.4 Å². The summed E-state index contributed by atoms with van der Waals surface area (Å²) < 4.78 is 39.6. The van der Waals surface area contributed by atoms with E-state index in [1.165, 1.54) is 6.07 Å². The summed E-state index contributed by atoms with van der Waals surface area (Å²) in [7, 11) is -3.79. The van der Waals surface area contributed by atoms with E-state index in [2.05, 4.69) is 4.72 Å². The summed E-state index contributed by atoms with van der Waals surface area (Å²) in [6, 6.07) is 3.32. The molecule has 1 aromatic rings. The van der Waals surface area contributed by atoms with Gasteiger partial charge in [0.25, 0.3) is 0 Å². The molecule has 0 saturated heterocycles.